The molecule has 0 amide bonds. The summed E-state index contributed by atoms with van der Waals surface area (Å²) in [6.45, 7) is 6.09. The third-order valence-electron chi connectivity index (χ3n) is 4.59. The van der Waals surface area contributed by atoms with Crippen molar-refractivity contribution in [1.29, 1.82) is 0 Å². The zero-order valence-corrected chi connectivity index (χ0v) is 16.1. The van der Waals surface area contributed by atoms with E-state index in [9.17, 15) is 13.2 Å². The maximum absolute atomic E-state index is 12.4. The van der Waals surface area contributed by atoms with Gasteiger partial charge in [0.2, 0.25) is 10.0 Å². The number of aryl methyl sites for hydroxylation is 2. The Morgan fingerprint density at radius 3 is 2.81 bits per heavy atom. The van der Waals surface area contributed by atoms with E-state index in [1.165, 1.54) is 10.6 Å². The fourth-order valence-electron chi connectivity index (χ4n) is 3.34. The molecule has 0 saturated carbocycles. The van der Waals surface area contributed by atoms with Crippen LogP contribution in [0.5, 0.6) is 0 Å². The Bertz CT molecular complexity index is 968. The SMILES string of the molecule is Cc1cc(C)c2[nH]c(CNCC3CN(S(C)(=O)=O)CCO3)cc(=O)c2c1. The highest BCUT2D eigenvalue weighted by Crippen LogP contribution is 2.16. The van der Waals surface area contributed by atoms with Crippen LogP contribution < -0.4 is 10.7 Å². The third kappa shape index (κ3) is 4.32. The summed E-state index contributed by atoms with van der Waals surface area (Å²) in [5.41, 5.74) is 3.76. The van der Waals surface area contributed by atoms with Gasteiger partial charge < -0.3 is 15.0 Å². The fourth-order valence-corrected chi connectivity index (χ4v) is 4.18. The summed E-state index contributed by atoms with van der Waals surface area (Å²) in [6.07, 6.45) is 1.02. The van der Waals surface area contributed by atoms with Gasteiger partial charge in [0.15, 0.2) is 5.43 Å². The molecule has 1 aliphatic heterocycles. The average molecular weight is 379 g/mol. The Kier molecular flexibility index (Phi) is 5.47. The Labute approximate surface area is 153 Å². The van der Waals surface area contributed by atoms with Gasteiger partial charge in [0.25, 0.3) is 0 Å². The first kappa shape index (κ1) is 19.0. The van der Waals surface area contributed by atoms with Crippen LogP contribution in [0.3, 0.4) is 0 Å². The van der Waals surface area contributed by atoms with Gasteiger partial charge in [-0.15, -0.1) is 0 Å². The summed E-state index contributed by atoms with van der Waals surface area (Å²) in [6, 6.07) is 5.55. The maximum atomic E-state index is 12.4. The molecule has 2 aromatic rings. The van der Waals surface area contributed by atoms with Crippen LogP contribution in [0.1, 0.15) is 16.8 Å². The normalized spacial score (nSPS) is 19.1. The minimum absolute atomic E-state index is 0.000446. The number of sulfonamides is 1. The van der Waals surface area contributed by atoms with Crippen molar-refractivity contribution in [2.75, 3.05) is 32.5 Å². The molecule has 7 nitrogen and oxygen atoms in total. The summed E-state index contributed by atoms with van der Waals surface area (Å²) < 4.78 is 30.4. The van der Waals surface area contributed by atoms with Crippen molar-refractivity contribution in [1.82, 2.24) is 14.6 Å². The quantitative estimate of drug-likeness (QED) is 0.805. The van der Waals surface area contributed by atoms with E-state index in [4.69, 9.17) is 4.74 Å². The molecular formula is C18H25N3O4S. The predicted octanol–water partition coefficient (Wildman–Crippen LogP) is 0.895. The van der Waals surface area contributed by atoms with Crippen LogP contribution in [0.25, 0.3) is 10.9 Å². The second kappa shape index (κ2) is 7.48. The second-order valence-electron chi connectivity index (χ2n) is 6.91. The molecule has 8 heteroatoms. The Hall–Kier alpha value is -1.74. The average Bonchev–Trinajstić information content (AvgIpc) is 2.55. The Morgan fingerprint density at radius 2 is 2.08 bits per heavy atom. The number of nitrogens with one attached hydrogen (secondary N) is 2. The number of H-pyrrole nitrogens is 1. The van der Waals surface area contributed by atoms with Crippen molar-refractivity contribution >= 4 is 20.9 Å². The number of benzene rings is 1. The molecular weight excluding hydrogens is 354 g/mol. The van der Waals surface area contributed by atoms with Crippen LogP contribution in [-0.4, -0.2) is 56.3 Å². The number of aromatic nitrogens is 1. The smallest absolute Gasteiger partial charge is 0.211 e. The summed E-state index contributed by atoms with van der Waals surface area (Å²) in [4.78, 5) is 15.7. The lowest BCUT2D eigenvalue weighted by Crippen LogP contribution is -2.48. The summed E-state index contributed by atoms with van der Waals surface area (Å²) in [5.74, 6) is 0. The van der Waals surface area contributed by atoms with Gasteiger partial charge in [0.05, 0.1) is 24.5 Å². The van der Waals surface area contributed by atoms with E-state index in [1.807, 2.05) is 26.0 Å². The van der Waals surface area contributed by atoms with Crippen molar-refractivity contribution in [2.24, 2.45) is 0 Å². The molecule has 3 rings (SSSR count). The Balaban J connectivity index is 1.66. The molecule has 1 fully saturated rings. The lowest BCUT2D eigenvalue weighted by atomic mass is 10.1. The number of fused-ring (bicyclic) bond motifs is 1. The predicted molar refractivity (Wildman–Crippen MR) is 102 cm³/mol. The molecule has 1 aromatic heterocycles. The number of morpholine rings is 1. The van der Waals surface area contributed by atoms with Crippen LogP contribution >= 0.6 is 0 Å². The van der Waals surface area contributed by atoms with Gasteiger partial charge in [0, 0.05) is 43.3 Å². The summed E-state index contributed by atoms with van der Waals surface area (Å²) >= 11 is 0. The first-order valence-corrected chi connectivity index (χ1v) is 10.5. The van der Waals surface area contributed by atoms with Crippen molar-refractivity contribution in [3.63, 3.8) is 0 Å². The minimum atomic E-state index is -3.20. The highest BCUT2D eigenvalue weighted by molar-refractivity contribution is 7.88. The number of hydrogen-bond acceptors (Lipinski definition) is 5. The second-order valence-corrected chi connectivity index (χ2v) is 8.89. The van der Waals surface area contributed by atoms with Gasteiger partial charge >= 0.3 is 0 Å². The van der Waals surface area contributed by atoms with E-state index in [1.54, 1.807) is 6.07 Å². The van der Waals surface area contributed by atoms with Crippen molar-refractivity contribution in [3.05, 3.63) is 45.2 Å². The van der Waals surface area contributed by atoms with Crippen molar-refractivity contribution < 1.29 is 13.2 Å². The molecule has 0 radical (unpaired) electrons. The number of hydrogen-bond donors (Lipinski definition) is 2. The molecule has 2 N–H and O–H groups in total. The lowest BCUT2D eigenvalue weighted by Gasteiger charge is -2.31. The van der Waals surface area contributed by atoms with Crippen molar-refractivity contribution in [3.8, 4) is 0 Å². The van der Waals surface area contributed by atoms with Crippen LogP contribution in [-0.2, 0) is 21.3 Å². The molecule has 0 bridgehead atoms. The molecule has 1 atom stereocenters. The molecule has 1 unspecified atom stereocenters. The molecule has 0 aliphatic carbocycles. The minimum Gasteiger partial charge on any atom is -0.374 e. The maximum Gasteiger partial charge on any atom is 0.211 e. The third-order valence-corrected chi connectivity index (χ3v) is 5.86. The van der Waals surface area contributed by atoms with E-state index in [2.05, 4.69) is 10.3 Å². The lowest BCUT2D eigenvalue weighted by molar-refractivity contribution is -0.000135. The standard InChI is InChI=1S/C18H25N3O4S/c1-12-6-13(2)18-16(7-12)17(22)8-14(20-18)9-19-10-15-11-21(4-5-25-15)26(3,23)24/h6-8,15,19H,4-5,9-11H2,1-3H3,(H,20,22). The first-order chi connectivity index (χ1) is 12.2. The van der Waals surface area contributed by atoms with Gasteiger partial charge in [-0.05, 0) is 31.0 Å². The molecule has 26 heavy (non-hydrogen) atoms. The van der Waals surface area contributed by atoms with E-state index in [0.29, 0.717) is 38.2 Å². The van der Waals surface area contributed by atoms with Crippen molar-refractivity contribution in [2.45, 2.75) is 26.5 Å². The monoisotopic (exact) mass is 379 g/mol. The highest BCUT2D eigenvalue weighted by atomic mass is 32.2. The number of pyridine rings is 1. The Morgan fingerprint density at radius 1 is 1.31 bits per heavy atom. The van der Waals surface area contributed by atoms with Crippen LogP contribution in [0.4, 0.5) is 0 Å². The van der Waals surface area contributed by atoms with E-state index >= 15 is 0 Å². The number of nitrogens with zero attached hydrogens (tertiary/aromatic N) is 1. The van der Waals surface area contributed by atoms with Gasteiger partial charge in [-0.25, -0.2) is 8.42 Å². The molecule has 1 saturated heterocycles. The number of aromatic amines is 1. The van der Waals surface area contributed by atoms with Crippen LogP contribution in [0, 0.1) is 13.8 Å². The first-order valence-electron chi connectivity index (χ1n) is 8.64. The molecule has 0 spiro atoms. The van der Waals surface area contributed by atoms with Gasteiger partial charge in [0.1, 0.15) is 0 Å². The number of rotatable bonds is 5. The van der Waals surface area contributed by atoms with E-state index < -0.39 is 10.0 Å². The number of ether oxygens (including phenoxy) is 1. The van der Waals surface area contributed by atoms with Crippen LogP contribution in [0.2, 0.25) is 0 Å². The molecule has 1 aromatic carbocycles. The summed E-state index contributed by atoms with van der Waals surface area (Å²) in [5, 5.41) is 3.95. The van der Waals surface area contributed by atoms with Gasteiger partial charge in [-0.2, -0.15) is 4.31 Å². The zero-order chi connectivity index (χ0) is 18.9. The van der Waals surface area contributed by atoms with E-state index in [-0.39, 0.29) is 11.5 Å². The topological polar surface area (TPSA) is 91.5 Å². The van der Waals surface area contributed by atoms with Crippen LogP contribution in [0.15, 0.2) is 23.0 Å². The van der Waals surface area contributed by atoms with E-state index in [0.717, 1.165) is 22.3 Å². The van der Waals surface area contributed by atoms with Gasteiger partial charge in [-0.1, -0.05) is 6.07 Å². The zero-order valence-electron chi connectivity index (χ0n) is 15.3. The fraction of sp³-hybridized carbons (Fsp3) is 0.500. The van der Waals surface area contributed by atoms with Gasteiger partial charge in [-0.3, -0.25) is 4.79 Å². The largest absolute Gasteiger partial charge is 0.374 e. The molecule has 2 heterocycles. The summed E-state index contributed by atoms with van der Waals surface area (Å²) in [7, 11) is -3.20. The highest BCUT2D eigenvalue weighted by Gasteiger charge is 2.26. The molecule has 1 aliphatic rings. The molecule has 142 valence electrons.